The zero-order valence-electron chi connectivity index (χ0n) is 8.54. The molecular weight excluding hydrogens is 255 g/mol. The Kier molecular flexibility index (Phi) is 4.32. The first-order chi connectivity index (χ1) is 7.47. The number of methoxy groups -OCH3 is 1. The summed E-state index contributed by atoms with van der Waals surface area (Å²) in [7, 11) is 1.16. The maximum Gasteiger partial charge on any atom is 0.340 e. The van der Waals surface area contributed by atoms with E-state index >= 15 is 0 Å². The molecule has 0 aliphatic carbocycles. The van der Waals surface area contributed by atoms with Gasteiger partial charge in [-0.1, -0.05) is 23.4 Å². The van der Waals surface area contributed by atoms with E-state index in [9.17, 15) is 14.0 Å². The topological polar surface area (TPSA) is 43.4 Å². The van der Waals surface area contributed by atoms with Crippen molar-refractivity contribution in [3.05, 3.63) is 28.5 Å². The maximum absolute atomic E-state index is 13.2. The molecular formula is C10H8ClFO3S. The van der Waals surface area contributed by atoms with Gasteiger partial charge in [-0.2, -0.15) is 0 Å². The van der Waals surface area contributed by atoms with Crippen LogP contribution in [0.2, 0.25) is 5.02 Å². The molecule has 3 nitrogen and oxygen atoms in total. The SMILES string of the molecule is COC(=O)c1c(SC(C)=O)ccc(F)c1Cl. The third kappa shape index (κ3) is 2.74. The van der Waals surface area contributed by atoms with Crippen LogP contribution in [-0.4, -0.2) is 18.2 Å². The number of halogens is 2. The number of esters is 1. The van der Waals surface area contributed by atoms with E-state index in [4.69, 9.17) is 11.6 Å². The summed E-state index contributed by atoms with van der Waals surface area (Å²) in [5.41, 5.74) is -0.121. The highest BCUT2D eigenvalue weighted by molar-refractivity contribution is 8.13. The van der Waals surface area contributed by atoms with Crippen molar-refractivity contribution in [2.45, 2.75) is 11.8 Å². The largest absolute Gasteiger partial charge is 0.465 e. The second-order valence-corrected chi connectivity index (χ2v) is 4.42. The molecule has 0 aromatic heterocycles. The molecule has 0 unspecified atom stereocenters. The van der Waals surface area contributed by atoms with Crippen molar-refractivity contribution < 1.29 is 18.7 Å². The summed E-state index contributed by atoms with van der Waals surface area (Å²) < 4.78 is 17.6. The van der Waals surface area contributed by atoms with E-state index in [1.165, 1.54) is 13.0 Å². The predicted octanol–water partition coefficient (Wildman–Crippen LogP) is 2.90. The van der Waals surface area contributed by atoms with Crippen LogP contribution in [0.5, 0.6) is 0 Å². The number of benzene rings is 1. The van der Waals surface area contributed by atoms with Crippen molar-refractivity contribution in [1.29, 1.82) is 0 Å². The maximum atomic E-state index is 13.2. The summed E-state index contributed by atoms with van der Waals surface area (Å²) in [5.74, 6) is -1.50. The van der Waals surface area contributed by atoms with Crippen molar-refractivity contribution in [3.8, 4) is 0 Å². The number of hydrogen-bond donors (Lipinski definition) is 0. The van der Waals surface area contributed by atoms with Gasteiger partial charge in [0.1, 0.15) is 5.82 Å². The Morgan fingerprint density at radius 2 is 2.06 bits per heavy atom. The molecule has 0 saturated heterocycles. The van der Waals surface area contributed by atoms with Crippen LogP contribution in [0.1, 0.15) is 17.3 Å². The molecule has 0 aliphatic heterocycles. The third-order valence-corrected chi connectivity index (χ3v) is 2.92. The average molecular weight is 263 g/mol. The molecule has 0 atom stereocenters. The van der Waals surface area contributed by atoms with E-state index < -0.39 is 11.8 Å². The van der Waals surface area contributed by atoms with Crippen molar-refractivity contribution in [3.63, 3.8) is 0 Å². The van der Waals surface area contributed by atoms with E-state index in [1.807, 2.05) is 0 Å². The van der Waals surface area contributed by atoms with Gasteiger partial charge in [0.2, 0.25) is 0 Å². The number of carbonyl (C=O) groups excluding carboxylic acids is 2. The van der Waals surface area contributed by atoms with Crippen LogP contribution in [0.3, 0.4) is 0 Å². The molecule has 0 radical (unpaired) electrons. The van der Waals surface area contributed by atoms with Gasteiger partial charge in [-0.3, -0.25) is 4.79 Å². The Morgan fingerprint density at radius 3 is 2.56 bits per heavy atom. The molecule has 1 aromatic rings. The van der Waals surface area contributed by atoms with Gasteiger partial charge >= 0.3 is 5.97 Å². The molecule has 0 aliphatic rings. The highest BCUT2D eigenvalue weighted by Gasteiger charge is 2.20. The normalized spacial score (nSPS) is 10.0. The molecule has 86 valence electrons. The lowest BCUT2D eigenvalue weighted by atomic mass is 10.2. The van der Waals surface area contributed by atoms with Crippen molar-refractivity contribution in [1.82, 2.24) is 0 Å². The summed E-state index contributed by atoms with van der Waals surface area (Å²) >= 11 is 6.46. The Hall–Kier alpha value is -1.07. The van der Waals surface area contributed by atoms with Gasteiger partial charge in [0.15, 0.2) is 5.12 Å². The molecule has 16 heavy (non-hydrogen) atoms. The first kappa shape index (κ1) is 13.0. The Balaban J connectivity index is 3.32. The number of thioether (sulfide) groups is 1. The quantitative estimate of drug-likeness (QED) is 0.607. The van der Waals surface area contributed by atoms with E-state index in [-0.39, 0.29) is 20.6 Å². The minimum absolute atomic E-state index is 0.121. The molecule has 0 heterocycles. The first-order valence-electron chi connectivity index (χ1n) is 4.22. The fourth-order valence-corrected chi connectivity index (χ4v) is 2.10. The highest BCUT2D eigenvalue weighted by atomic mass is 35.5. The lowest BCUT2D eigenvalue weighted by Crippen LogP contribution is -2.06. The number of carbonyl (C=O) groups is 2. The van der Waals surface area contributed by atoms with Gasteiger partial charge in [-0.05, 0) is 12.1 Å². The molecule has 1 aromatic carbocycles. The summed E-state index contributed by atoms with van der Waals surface area (Å²) in [4.78, 5) is 22.6. The van der Waals surface area contributed by atoms with Crippen LogP contribution in [0.25, 0.3) is 0 Å². The first-order valence-corrected chi connectivity index (χ1v) is 5.41. The fraction of sp³-hybridized carbons (Fsp3) is 0.200. The molecule has 0 spiro atoms. The third-order valence-electron chi connectivity index (χ3n) is 1.70. The second kappa shape index (κ2) is 5.32. The predicted molar refractivity (Wildman–Crippen MR) is 59.3 cm³/mol. The van der Waals surface area contributed by atoms with Crippen molar-refractivity contribution in [2.75, 3.05) is 7.11 Å². The molecule has 0 saturated carbocycles. The minimum Gasteiger partial charge on any atom is -0.465 e. The lowest BCUT2D eigenvalue weighted by molar-refractivity contribution is -0.109. The van der Waals surface area contributed by atoms with Gasteiger partial charge in [0.25, 0.3) is 0 Å². The van der Waals surface area contributed by atoms with Gasteiger partial charge in [0, 0.05) is 11.8 Å². The second-order valence-electron chi connectivity index (χ2n) is 2.82. The van der Waals surface area contributed by atoms with Crippen LogP contribution in [0.15, 0.2) is 17.0 Å². The van der Waals surface area contributed by atoms with E-state index in [0.29, 0.717) is 0 Å². The fourth-order valence-electron chi connectivity index (χ4n) is 1.07. The number of hydrogen-bond acceptors (Lipinski definition) is 4. The smallest absolute Gasteiger partial charge is 0.340 e. The average Bonchev–Trinajstić information content (AvgIpc) is 2.22. The van der Waals surface area contributed by atoms with Crippen LogP contribution < -0.4 is 0 Å². The van der Waals surface area contributed by atoms with Gasteiger partial charge in [-0.15, -0.1) is 0 Å². The van der Waals surface area contributed by atoms with Crippen LogP contribution in [0, 0.1) is 5.82 Å². The molecule has 0 bridgehead atoms. The zero-order valence-corrected chi connectivity index (χ0v) is 10.1. The van der Waals surface area contributed by atoms with Crippen molar-refractivity contribution >= 4 is 34.4 Å². The number of rotatable bonds is 2. The Labute approximate surface area is 101 Å². The van der Waals surface area contributed by atoms with Crippen LogP contribution >= 0.6 is 23.4 Å². The zero-order chi connectivity index (χ0) is 12.3. The monoisotopic (exact) mass is 262 g/mol. The summed E-state index contributed by atoms with van der Waals surface area (Å²) in [6.07, 6.45) is 0. The Bertz CT molecular complexity index is 448. The number of ether oxygens (including phenoxy) is 1. The standard InChI is InChI=1S/C10H8ClFO3S/c1-5(13)16-7-4-3-6(12)9(11)8(7)10(14)15-2/h3-4H,1-2H3. The molecule has 1 rings (SSSR count). The van der Waals surface area contributed by atoms with Crippen LogP contribution in [0.4, 0.5) is 4.39 Å². The summed E-state index contributed by atoms with van der Waals surface area (Å²) in [6.45, 7) is 1.34. The van der Waals surface area contributed by atoms with Crippen molar-refractivity contribution in [2.24, 2.45) is 0 Å². The Morgan fingerprint density at radius 1 is 1.44 bits per heavy atom. The molecule has 6 heteroatoms. The summed E-state index contributed by atoms with van der Waals surface area (Å²) in [6, 6.07) is 2.42. The summed E-state index contributed by atoms with van der Waals surface area (Å²) in [5, 5.41) is -0.564. The van der Waals surface area contributed by atoms with Gasteiger partial charge in [-0.25, -0.2) is 9.18 Å². The minimum atomic E-state index is -0.770. The van der Waals surface area contributed by atoms with E-state index in [1.54, 1.807) is 0 Å². The molecule has 0 N–H and O–H groups in total. The molecule has 0 fully saturated rings. The van der Waals surface area contributed by atoms with Crippen LogP contribution in [-0.2, 0) is 9.53 Å². The highest BCUT2D eigenvalue weighted by Crippen LogP contribution is 2.31. The lowest BCUT2D eigenvalue weighted by Gasteiger charge is -2.08. The van der Waals surface area contributed by atoms with E-state index in [0.717, 1.165) is 24.9 Å². The molecule has 0 amide bonds. The van der Waals surface area contributed by atoms with Gasteiger partial charge < -0.3 is 4.74 Å². The van der Waals surface area contributed by atoms with E-state index in [2.05, 4.69) is 4.74 Å². The van der Waals surface area contributed by atoms with Gasteiger partial charge in [0.05, 0.1) is 17.7 Å².